The van der Waals surface area contributed by atoms with E-state index >= 15 is 0 Å². The fourth-order valence-electron chi connectivity index (χ4n) is 1.12. The van der Waals surface area contributed by atoms with Crippen molar-refractivity contribution in [2.24, 2.45) is 0 Å². The van der Waals surface area contributed by atoms with E-state index in [1.807, 2.05) is 45.9 Å². The zero-order chi connectivity index (χ0) is 19.5. The van der Waals surface area contributed by atoms with Crippen molar-refractivity contribution in [1.29, 1.82) is 0 Å². The van der Waals surface area contributed by atoms with Crippen LogP contribution in [0.2, 0.25) is 0 Å². The number of nitrogens with zero attached hydrogens (tertiary/aromatic N) is 6. The molecule has 0 amide bonds. The first-order valence-corrected chi connectivity index (χ1v) is 6.65. The Morgan fingerprint density at radius 1 is 0.679 bits per heavy atom. The summed E-state index contributed by atoms with van der Waals surface area (Å²) in [4.78, 5) is 32.5. The Kier molecular flexibility index (Phi) is 37.1. The first-order valence-electron chi connectivity index (χ1n) is 6.65. The predicted molar refractivity (Wildman–Crippen MR) is 81.6 cm³/mol. The average molecular weight is 936 g/mol. The van der Waals surface area contributed by atoms with Crippen LogP contribution < -0.4 is 15.3 Å². The Hall–Kier alpha value is -1.39. The Bertz CT molecular complexity index is 660. The summed E-state index contributed by atoms with van der Waals surface area (Å²) in [7, 11) is 0. The van der Waals surface area contributed by atoms with Crippen LogP contribution in [-0.4, -0.2) is 27.6 Å². The molecule has 0 aliphatic heterocycles. The van der Waals surface area contributed by atoms with Gasteiger partial charge >= 0.3 is 79.4 Å². The topological polar surface area (TPSA) is 149 Å². The normalized spacial score (nSPS) is 6.71. The van der Waals surface area contributed by atoms with Gasteiger partial charge in [-0.25, -0.2) is 0 Å². The first-order chi connectivity index (χ1) is 11.9. The molecule has 0 saturated heterocycles. The van der Waals surface area contributed by atoms with E-state index in [4.69, 9.17) is 19.2 Å². The molecule has 0 radical (unpaired) electrons. The van der Waals surface area contributed by atoms with Crippen molar-refractivity contribution in [3.8, 4) is 0 Å². The van der Waals surface area contributed by atoms with E-state index in [1.54, 1.807) is 12.4 Å². The maximum Gasteiger partial charge on any atom is 1.00 e. The second-order valence-electron chi connectivity index (χ2n) is 4.14. The van der Waals surface area contributed by atoms with E-state index in [1.165, 1.54) is 0 Å². The van der Waals surface area contributed by atoms with E-state index in [0.717, 1.165) is 22.8 Å². The summed E-state index contributed by atoms with van der Waals surface area (Å²) in [6, 6.07) is 5.67. The summed E-state index contributed by atoms with van der Waals surface area (Å²) < 4.78 is 0. The minimum absolute atomic E-state index is 0. The number of hydrogen-bond acceptors (Lipinski definition) is 7. The molecule has 3 aromatic rings. The minimum Gasteiger partial charge on any atom is -0.579 e. The Morgan fingerprint density at radius 2 is 1.04 bits per heavy atom. The molecule has 3 heterocycles. The molecule has 0 unspecified atom stereocenters. The van der Waals surface area contributed by atoms with Gasteiger partial charge < -0.3 is 30.6 Å². The molecule has 13 heteroatoms. The van der Waals surface area contributed by atoms with Crippen LogP contribution in [-0.2, 0) is 86.3 Å². The zero-order valence-electron chi connectivity index (χ0n) is 15.1. The van der Waals surface area contributed by atoms with Gasteiger partial charge in [-0.15, -0.1) is 17.1 Å². The van der Waals surface area contributed by atoms with Crippen molar-refractivity contribution >= 4 is 12.3 Å². The minimum atomic E-state index is 0. The van der Waals surface area contributed by atoms with E-state index in [-0.39, 0.29) is 79.4 Å². The van der Waals surface area contributed by atoms with Gasteiger partial charge in [0.05, 0.1) is 0 Å². The molecule has 0 atom stereocenters. The third-order valence-corrected chi connectivity index (χ3v) is 1.98. The van der Waals surface area contributed by atoms with Crippen LogP contribution in [0.25, 0.3) is 0 Å². The Balaban J connectivity index is -0.0000000796. The van der Waals surface area contributed by atoms with Crippen LogP contribution in [0.3, 0.4) is 0 Å². The molecule has 0 saturated carbocycles. The zero-order valence-corrected chi connectivity index (χ0v) is 21.6. The van der Waals surface area contributed by atoms with Gasteiger partial charge in [0.25, 0.3) is 0 Å². The van der Waals surface area contributed by atoms with Crippen molar-refractivity contribution in [3.63, 3.8) is 0 Å². The second-order valence-corrected chi connectivity index (χ2v) is 4.14. The first kappa shape index (κ1) is 37.4. The molecule has 164 valence electrons. The number of hydrogen-bond donors (Lipinski definition) is 0. The summed E-state index contributed by atoms with van der Waals surface area (Å²) in [6.45, 7) is 7.68. The fourth-order valence-corrected chi connectivity index (χ4v) is 1.12. The number of aryl methyl sites for hydroxylation is 4. The summed E-state index contributed by atoms with van der Waals surface area (Å²) >= 11 is 0. The van der Waals surface area contributed by atoms with Crippen LogP contribution in [0.1, 0.15) is 22.8 Å². The molecule has 0 bridgehead atoms. The molecule has 0 spiro atoms. The maximum atomic E-state index is 8.12. The molecule has 3 rings (SSSR count). The molecule has 0 N–H and O–H groups in total. The fraction of sp³-hybridized carbons (Fsp3) is 0.267. The largest absolute Gasteiger partial charge is 1.00 e. The molecule has 28 heavy (non-hydrogen) atoms. The van der Waals surface area contributed by atoms with Crippen LogP contribution >= 0.6 is 0 Å². The summed E-state index contributed by atoms with van der Waals surface area (Å²) in [5, 5.41) is 22.0. The molecule has 0 aliphatic carbocycles. The Morgan fingerprint density at radius 3 is 1.11 bits per heavy atom. The van der Waals surface area contributed by atoms with Gasteiger partial charge in [0, 0.05) is 18.1 Å². The van der Waals surface area contributed by atoms with E-state index < -0.39 is 0 Å². The SMILES string of the molecule is Cc1cc(C)[n-]n1.Cc1ccn[n-]1.Cc1ccn[n-]1.O=C=O.O=C=O.[Au+].[Au+].[Au+]. The molecule has 3 aromatic heterocycles. The van der Waals surface area contributed by atoms with E-state index in [9.17, 15) is 0 Å². The molecule has 0 aromatic carbocycles. The maximum absolute atomic E-state index is 8.12. The van der Waals surface area contributed by atoms with Gasteiger partial charge in [0.2, 0.25) is 0 Å². The molecular weight excluding hydrogens is 919 g/mol. The molecule has 10 nitrogen and oxygen atoms in total. The van der Waals surface area contributed by atoms with Gasteiger partial charge in [-0.2, -0.15) is 19.2 Å². The summed E-state index contributed by atoms with van der Waals surface area (Å²) in [5.41, 5.74) is 3.96. The molecular formula is C15H17Au3N6O4. The second kappa shape index (κ2) is 27.8. The van der Waals surface area contributed by atoms with Gasteiger partial charge in [0.15, 0.2) is 0 Å². The van der Waals surface area contributed by atoms with E-state index in [0.29, 0.717) is 0 Å². The predicted octanol–water partition coefficient (Wildman–Crippen LogP) is 0.176. The molecule has 0 aliphatic rings. The van der Waals surface area contributed by atoms with Crippen LogP contribution in [0.4, 0.5) is 0 Å². The number of aromatic nitrogens is 6. The third kappa shape index (κ3) is 29.4. The number of rotatable bonds is 0. The standard InChI is InChI=1S/C5H7N2.2C4H5N2.2CO2.3Au/c1-4-3-5(2)7-6-4;2*1-4-2-3-5-6-4;2*2-1-3;;;/h3H,1-2H3;2*2-3H,1H3;;;;;/q3*-1;;;3*+1. The number of carbonyl (C=O) groups excluding carboxylic acids is 4. The van der Waals surface area contributed by atoms with Crippen molar-refractivity contribution in [1.82, 2.24) is 30.6 Å². The van der Waals surface area contributed by atoms with Crippen LogP contribution in [0, 0.1) is 27.7 Å². The average Bonchev–Trinajstić information content (AvgIpc) is 3.28. The summed E-state index contributed by atoms with van der Waals surface area (Å²) in [6.07, 6.45) is 3.85. The van der Waals surface area contributed by atoms with Crippen molar-refractivity contribution < 1.29 is 86.3 Å². The third-order valence-electron chi connectivity index (χ3n) is 1.98. The van der Waals surface area contributed by atoms with E-state index in [2.05, 4.69) is 30.6 Å². The quantitative estimate of drug-likeness (QED) is 0.286. The Labute approximate surface area is 208 Å². The monoisotopic (exact) mass is 936 g/mol. The van der Waals surface area contributed by atoms with Gasteiger partial charge in [-0.1, -0.05) is 39.0 Å². The van der Waals surface area contributed by atoms with Gasteiger partial charge in [0.1, 0.15) is 0 Å². The smallest absolute Gasteiger partial charge is 0.579 e. The van der Waals surface area contributed by atoms with Crippen LogP contribution in [0.15, 0.2) is 30.6 Å². The van der Waals surface area contributed by atoms with Gasteiger partial charge in [-0.05, 0) is 6.92 Å². The van der Waals surface area contributed by atoms with Crippen molar-refractivity contribution in [3.05, 3.63) is 53.4 Å². The van der Waals surface area contributed by atoms with Gasteiger partial charge in [-0.3, -0.25) is 0 Å². The van der Waals surface area contributed by atoms with Crippen LogP contribution in [0.5, 0.6) is 0 Å². The van der Waals surface area contributed by atoms with Crippen molar-refractivity contribution in [2.75, 3.05) is 0 Å². The summed E-state index contributed by atoms with van der Waals surface area (Å²) in [5.74, 6) is 0. The van der Waals surface area contributed by atoms with Crippen molar-refractivity contribution in [2.45, 2.75) is 27.7 Å². The molecule has 0 fully saturated rings.